The van der Waals surface area contributed by atoms with Gasteiger partial charge in [0.2, 0.25) is 0 Å². The second-order valence-corrected chi connectivity index (χ2v) is 3.47. The van der Waals surface area contributed by atoms with E-state index in [4.69, 9.17) is 4.74 Å². The topological polar surface area (TPSA) is 75.8 Å². The number of hydrogen-bond donors (Lipinski definition) is 1. The zero-order valence-electron chi connectivity index (χ0n) is 8.74. The van der Waals surface area contributed by atoms with Crippen LogP contribution in [0.1, 0.15) is 6.92 Å². The molecule has 2 atom stereocenters. The Morgan fingerprint density at radius 2 is 2.31 bits per heavy atom. The van der Waals surface area contributed by atoms with Crippen molar-refractivity contribution >= 4 is 11.8 Å². The lowest BCUT2D eigenvalue weighted by Gasteiger charge is -2.16. The van der Waals surface area contributed by atoms with E-state index in [2.05, 4.69) is 0 Å². The van der Waals surface area contributed by atoms with E-state index in [0.29, 0.717) is 9.80 Å². The number of carbonyl (C=O) groups excluding carboxylic acids is 1. The minimum atomic E-state index is -0.809. The summed E-state index contributed by atoms with van der Waals surface area (Å²) in [4.78, 5) is 11.5. The van der Waals surface area contributed by atoms with Gasteiger partial charge in [-0.2, -0.15) is 0 Å². The average Bonchev–Trinajstić information content (AvgIpc) is 2.53. The number of hydrogen-bond acceptors (Lipinski definition) is 5. The van der Waals surface area contributed by atoms with E-state index >= 15 is 0 Å². The smallest absolute Gasteiger partial charge is 0.424 e. The van der Waals surface area contributed by atoms with Crippen LogP contribution in [-0.2, 0) is 9.53 Å². The fraction of sp³-hybridized carbons (Fsp3) is 0.400. The Morgan fingerprint density at radius 3 is 2.94 bits per heavy atom. The molecule has 86 valence electrons. The highest BCUT2D eigenvalue weighted by Gasteiger charge is 2.48. The fourth-order valence-electron chi connectivity index (χ4n) is 1.79. The summed E-state index contributed by atoms with van der Waals surface area (Å²) in [6.07, 6.45) is 6.70. The van der Waals surface area contributed by atoms with Crippen molar-refractivity contribution in [1.82, 2.24) is 5.06 Å². The average molecular weight is 224 g/mol. The molecule has 0 spiro atoms. The van der Waals surface area contributed by atoms with E-state index in [9.17, 15) is 15.2 Å². The molecule has 0 aromatic rings. The summed E-state index contributed by atoms with van der Waals surface area (Å²) in [7, 11) is 0. The van der Waals surface area contributed by atoms with Crippen molar-refractivity contribution < 1.29 is 19.5 Å². The zero-order valence-corrected chi connectivity index (χ0v) is 8.74. The Balaban J connectivity index is 2.30. The van der Waals surface area contributed by atoms with Crippen LogP contribution in [0.25, 0.3) is 0 Å². The highest BCUT2D eigenvalue weighted by molar-refractivity contribution is 6.33. The first-order valence-corrected chi connectivity index (χ1v) is 5.00. The second-order valence-electron chi connectivity index (χ2n) is 3.47. The first-order chi connectivity index (χ1) is 7.66. The van der Waals surface area contributed by atoms with Crippen LogP contribution >= 0.6 is 0 Å². The molecule has 2 unspecified atom stereocenters. The van der Waals surface area contributed by atoms with Crippen LogP contribution in [0.2, 0.25) is 0 Å². The van der Waals surface area contributed by atoms with Gasteiger partial charge in [0.15, 0.2) is 12.1 Å². The van der Waals surface area contributed by atoms with Gasteiger partial charge in [0.25, 0.3) is 0 Å². The SMILES string of the molecule is CCOC(=O)C1=[N+]([O-])C2C=CC=CC2N1O. The summed E-state index contributed by atoms with van der Waals surface area (Å²) >= 11 is 0. The summed E-state index contributed by atoms with van der Waals surface area (Å²) in [6.45, 7) is 1.79. The molecule has 1 aliphatic carbocycles. The van der Waals surface area contributed by atoms with Gasteiger partial charge in [-0.25, -0.2) is 14.7 Å². The molecule has 1 heterocycles. The lowest BCUT2D eigenvalue weighted by Crippen LogP contribution is -2.39. The van der Waals surface area contributed by atoms with E-state index in [1.54, 1.807) is 31.2 Å². The van der Waals surface area contributed by atoms with Crippen molar-refractivity contribution in [2.24, 2.45) is 0 Å². The molecule has 0 bridgehead atoms. The number of rotatable bonds is 2. The third-order valence-corrected chi connectivity index (χ3v) is 2.51. The Morgan fingerprint density at radius 1 is 1.62 bits per heavy atom. The highest BCUT2D eigenvalue weighted by Crippen LogP contribution is 2.21. The van der Waals surface area contributed by atoms with Crippen molar-refractivity contribution in [3.8, 4) is 0 Å². The highest BCUT2D eigenvalue weighted by atomic mass is 16.6. The van der Waals surface area contributed by atoms with Crippen molar-refractivity contribution in [3.05, 3.63) is 29.5 Å². The second kappa shape index (κ2) is 3.97. The molecule has 0 aromatic carbocycles. The first kappa shape index (κ1) is 10.7. The standard InChI is InChI=1S/C10H12N2O4/c1-2-16-10(13)9-11(14)7-5-3-4-6-8(7)12(9)15/h3-8,14H,2H2,1H3. The number of fused-ring (bicyclic) bond motifs is 1. The van der Waals surface area contributed by atoms with Crippen LogP contribution in [-0.4, -0.2) is 45.5 Å². The molecule has 0 aromatic heterocycles. The fourth-order valence-corrected chi connectivity index (χ4v) is 1.79. The lowest BCUT2D eigenvalue weighted by atomic mass is 10.1. The molecule has 0 saturated heterocycles. The van der Waals surface area contributed by atoms with Crippen molar-refractivity contribution in [1.29, 1.82) is 0 Å². The summed E-state index contributed by atoms with van der Waals surface area (Å²) in [6, 6.07) is -1.10. The number of carbonyl (C=O) groups is 1. The first-order valence-electron chi connectivity index (χ1n) is 5.00. The number of allylic oxidation sites excluding steroid dienone is 2. The molecule has 2 rings (SSSR count). The largest absolute Gasteiger partial charge is 0.714 e. The van der Waals surface area contributed by atoms with Crippen LogP contribution in [0.5, 0.6) is 0 Å². The van der Waals surface area contributed by atoms with Gasteiger partial charge in [-0.1, -0.05) is 12.2 Å². The lowest BCUT2D eigenvalue weighted by molar-refractivity contribution is -0.478. The Bertz CT molecular complexity index is 400. The summed E-state index contributed by atoms with van der Waals surface area (Å²) in [5.41, 5.74) is 0. The number of nitrogens with zero attached hydrogens (tertiary/aromatic N) is 2. The van der Waals surface area contributed by atoms with Crippen LogP contribution in [0.4, 0.5) is 0 Å². The van der Waals surface area contributed by atoms with E-state index in [1.165, 1.54) is 0 Å². The Labute approximate surface area is 92.3 Å². The normalized spacial score (nSPS) is 27.2. The van der Waals surface area contributed by atoms with Gasteiger partial charge in [0.1, 0.15) is 0 Å². The van der Waals surface area contributed by atoms with Gasteiger partial charge in [-0.05, 0) is 19.1 Å². The molecule has 0 saturated carbocycles. The van der Waals surface area contributed by atoms with Crippen molar-refractivity contribution in [3.63, 3.8) is 0 Å². The molecule has 1 N–H and O–H groups in total. The Hall–Kier alpha value is -1.82. The van der Waals surface area contributed by atoms with Gasteiger partial charge in [0, 0.05) is 0 Å². The van der Waals surface area contributed by atoms with Gasteiger partial charge in [-0.15, -0.1) is 5.06 Å². The summed E-state index contributed by atoms with van der Waals surface area (Å²) in [5, 5.41) is 22.1. The third kappa shape index (κ3) is 1.47. The predicted molar refractivity (Wildman–Crippen MR) is 54.7 cm³/mol. The van der Waals surface area contributed by atoms with Crippen LogP contribution in [0.15, 0.2) is 24.3 Å². The number of hydroxylamine groups is 3. The molecule has 16 heavy (non-hydrogen) atoms. The molecule has 0 fully saturated rings. The van der Waals surface area contributed by atoms with Crippen molar-refractivity contribution in [2.45, 2.75) is 19.0 Å². The molecule has 2 aliphatic rings. The molecule has 0 radical (unpaired) electrons. The van der Waals surface area contributed by atoms with Crippen LogP contribution in [0.3, 0.4) is 0 Å². The number of ether oxygens (including phenoxy) is 1. The monoisotopic (exact) mass is 224 g/mol. The van der Waals surface area contributed by atoms with Gasteiger partial charge in [-0.3, -0.25) is 0 Å². The van der Waals surface area contributed by atoms with E-state index in [0.717, 1.165) is 0 Å². The summed E-state index contributed by atoms with van der Waals surface area (Å²) in [5.74, 6) is -1.18. The molecule has 6 nitrogen and oxygen atoms in total. The number of amidine groups is 1. The third-order valence-electron chi connectivity index (χ3n) is 2.51. The molecule has 0 amide bonds. The van der Waals surface area contributed by atoms with Crippen molar-refractivity contribution in [2.75, 3.05) is 6.61 Å². The molecule has 1 aliphatic heterocycles. The van der Waals surface area contributed by atoms with Gasteiger partial charge in [0.05, 0.1) is 6.61 Å². The van der Waals surface area contributed by atoms with Gasteiger partial charge < -0.3 is 9.94 Å². The van der Waals surface area contributed by atoms with Crippen LogP contribution < -0.4 is 0 Å². The summed E-state index contributed by atoms with van der Waals surface area (Å²) < 4.78 is 5.18. The predicted octanol–water partition coefficient (Wildman–Crippen LogP) is 0.0263. The molecular weight excluding hydrogens is 212 g/mol. The van der Waals surface area contributed by atoms with Crippen LogP contribution in [0, 0.1) is 5.21 Å². The minimum absolute atomic E-state index is 0.158. The van der Waals surface area contributed by atoms with Gasteiger partial charge >= 0.3 is 11.8 Å². The molecule has 6 heteroatoms. The van der Waals surface area contributed by atoms with E-state index in [-0.39, 0.29) is 12.4 Å². The minimum Gasteiger partial charge on any atom is -0.714 e. The van der Waals surface area contributed by atoms with E-state index in [1.807, 2.05) is 0 Å². The number of esters is 1. The zero-order chi connectivity index (χ0) is 11.7. The Kier molecular flexibility index (Phi) is 2.66. The molecular formula is C10H12N2O4. The maximum atomic E-state index is 11.8. The maximum absolute atomic E-state index is 11.8. The quantitative estimate of drug-likeness (QED) is 0.406. The maximum Gasteiger partial charge on any atom is 0.424 e. The van der Waals surface area contributed by atoms with E-state index < -0.39 is 18.1 Å².